The molecule has 52 heavy (non-hydrogen) atoms. The number of para-hydroxylation sites is 2. The van der Waals surface area contributed by atoms with Crippen molar-refractivity contribution in [3.63, 3.8) is 0 Å². The third-order valence-electron chi connectivity index (χ3n) is 7.28. The SMILES string of the molecule is CCOCOc1ccccc1CN(CC(CC)N(Cc1ccccc1OCOCC)CP(C)(=O)OC(C)(C)C)CP(=O)(OC(C)(C)C)OC(C)(C)C. The van der Waals surface area contributed by atoms with E-state index in [-0.39, 0.29) is 32.2 Å². The van der Waals surface area contributed by atoms with E-state index in [1.54, 1.807) is 6.66 Å². The second-order valence-corrected chi connectivity index (χ2v) is 20.4. The van der Waals surface area contributed by atoms with Gasteiger partial charge in [-0.2, -0.15) is 0 Å². The van der Waals surface area contributed by atoms with Gasteiger partial charge in [-0.3, -0.25) is 18.9 Å². The molecule has 0 bridgehead atoms. The molecule has 298 valence electrons. The third kappa shape index (κ3) is 18.5. The van der Waals surface area contributed by atoms with Crippen LogP contribution in [0, 0.1) is 0 Å². The fourth-order valence-corrected chi connectivity index (χ4v) is 10.5. The zero-order valence-electron chi connectivity index (χ0n) is 34.2. The van der Waals surface area contributed by atoms with Crippen molar-refractivity contribution in [2.24, 2.45) is 0 Å². The number of nitrogens with zero attached hydrogens (tertiary/aromatic N) is 2. The van der Waals surface area contributed by atoms with Gasteiger partial charge in [0.25, 0.3) is 0 Å². The molecule has 0 radical (unpaired) electrons. The van der Waals surface area contributed by atoms with Gasteiger partial charge in [-0.15, -0.1) is 0 Å². The average Bonchev–Trinajstić information content (AvgIpc) is 2.98. The molecule has 0 N–H and O–H groups in total. The number of hydrogen-bond donors (Lipinski definition) is 0. The number of ether oxygens (including phenoxy) is 4. The van der Waals surface area contributed by atoms with Crippen LogP contribution in [0.2, 0.25) is 0 Å². The van der Waals surface area contributed by atoms with E-state index in [1.807, 2.05) is 125 Å². The van der Waals surface area contributed by atoms with Crippen LogP contribution in [0.4, 0.5) is 0 Å². The maximum absolute atomic E-state index is 14.8. The molecule has 0 aliphatic carbocycles. The monoisotopic (exact) mass is 770 g/mol. The van der Waals surface area contributed by atoms with Crippen LogP contribution in [-0.2, 0) is 45.3 Å². The Kier molecular flexibility index (Phi) is 18.5. The zero-order valence-corrected chi connectivity index (χ0v) is 36.0. The van der Waals surface area contributed by atoms with Gasteiger partial charge in [0, 0.05) is 56.7 Å². The lowest BCUT2D eigenvalue weighted by atomic mass is 10.1. The summed E-state index contributed by atoms with van der Waals surface area (Å²) in [5.74, 6) is 1.36. The molecule has 0 saturated carbocycles. The predicted molar refractivity (Wildman–Crippen MR) is 211 cm³/mol. The standard InChI is InChI=1S/C39H68N2O9P2/c1-14-34(41(29-51(13,42)48-37(4,5)6)26-33-22-18-20-24-36(33)47-31-45-16-3)27-40(25-32-21-17-19-23-35(32)46-30-44-15-2)28-52(43,49-38(7,8)9)50-39(10,11)12/h17-24,34H,14-16,25-31H2,1-13H3. The normalized spacial score (nSPS) is 14.8. The second kappa shape index (κ2) is 20.8. The van der Waals surface area contributed by atoms with Crippen molar-refractivity contribution >= 4 is 15.0 Å². The first-order valence-electron chi connectivity index (χ1n) is 18.4. The van der Waals surface area contributed by atoms with Crippen LogP contribution in [0.1, 0.15) is 101 Å². The topological polar surface area (TPSA) is 105 Å². The minimum atomic E-state index is -3.72. The van der Waals surface area contributed by atoms with Gasteiger partial charge in [-0.25, -0.2) is 0 Å². The van der Waals surface area contributed by atoms with Crippen molar-refractivity contribution in [1.29, 1.82) is 0 Å². The smallest absolute Gasteiger partial charge is 0.345 e. The highest BCUT2D eigenvalue weighted by Gasteiger charge is 2.39. The Labute approximate surface area is 314 Å². The summed E-state index contributed by atoms with van der Waals surface area (Å²) in [5, 5.41) is 0. The Bertz CT molecular complexity index is 1420. The van der Waals surface area contributed by atoms with Crippen LogP contribution in [0.5, 0.6) is 11.5 Å². The van der Waals surface area contributed by atoms with Gasteiger partial charge in [0.15, 0.2) is 13.6 Å². The lowest BCUT2D eigenvalue weighted by molar-refractivity contribution is 0.0203. The Morgan fingerprint density at radius 2 is 1.08 bits per heavy atom. The fraction of sp³-hybridized carbons (Fsp3) is 0.692. The Morgan fingerprint density at radius 1 is 0.635 bits per heavy atom. The summed E-state index contributed by atoms with van der Waals surface area (Å²) in [5.41, 5.74) is -0.241. The zero-order chi connectivity index (χ0) is 39.2. The van der Waals surface area contributed by atoms with Gasteiger partial charge in [0.1, 0.15) is 17.8 Å². The molecule has 0 fully saturated rings. The highest BCUT2D eigenvalue weighted by molar-refractivity contribution is 7.58. The van der Waals surface area contributed by atoms with Crippen LogP contribution < -0.4 is 9.47 Å². The quantitative estimate of drug-likeness (QED) is 0.0613. The molecule has 2 rings (SSSR count). The summed E-state index contributed by atoms with van der Waals surface area (Å²) in [7, 11) is -6.87. The molecular weight excluding hydrogens is 702 g/mol. The second-order valence-electron chi connectivity index (χ2n) is 16.1. The van der Waals surface area contributed by atoms with Gasteiger partial charge in [0.05, 0.1) is 23.1 Å². The molecule has 0 aliphatic heterocycles. The molecule has 2 aromatic rings. The van der Waals surface area contributed by atoms with Crippen molar-refractivity contribution in [2.45, 2.75) is 125 Å². The van der Waals surface area contributed by atoms with Gasteiger partial charge in [-0.05, 0) is 94.7 Å². The average molecular weight is 771 g/mol. The Hall–Kier alpha value is -1.78. The van der Waals surface area contributed by atoms with E-state index in [0.29, 0.717) is 50.8 Å². The summed E-state index contributed by atoms with van der Waals surface area (Å²) in [6, 6.07) is 15.4. The highest BCUT2D eigenvalue weighted by Crippen LogP contribution is 2.55. The summed E-state index contributed by atoms with van der Waals surface area (Å²) in [4.78, 5) is 4.30. The minimum absolute atomic E-state index is 0.0159. The van der Waals surface area contributed by atoms with Crippen molar-refractivity contribution in [1.82, 2.24) is 9.80 Å². The molecular formula is C39H68N2O9P2. The minimum Gasteiger partial charge on any atom is -0.467 e. The van der Waals surface area contributed by atoms with Gasteiger partial charge >= 0.3 is 7.60 Å². The van der Waals surface area contributed by atoms with Crippen molar-refractivity contribution in [3.8, 4) is 11.5 Å². The number of benzene rings is 2. The molecule has 0 aliphatic rings. The Morgan fingerprint density at radius 3 is 1.50 bits per heavy atom. The van der Waals surface area contributed by atoms with Crippen molar-refractivity contribution in [2.75, 3.05) is 52.6 Å². The summed E-state index contributed by atoms with van der Waals surface area (Å²) in [6.45, 7) is 27.2. The van der Waals surface area contributed by atoms with E-state index < -0.39 is 31.8 Å². The maximum atomic E-state index is 14.8. The van der Waals surface area contributed by atoms with Gasteiger partial charge in [-0.1, -0.05) is 43.3 Å². The number of hydrogen-bond acceptors (Lipinski definition) is 11. The molecule has 2 unspecified atom stereocenters. The molecule has 0 aromatic heterocycles. The molecule has 0 heterocycles. The molecule has 0 saturated heterocycles. The molecule has 11 nitrogen and oxygen atoms in total. The molecule has 0 amide bonds. The summed E-state index contributed by atoms with van der Waals surface area (Å²) >= 11 is 0. The third-order valence-corrected chi connectivity index (χ3v) is 11.5. The van der Waals surface area contributed by atoms with Crippen LogP contribution in [-0.4, -0.2) is 85.2 Å². The van der Waals surface area contributed by atoms with Crippen LogP contribution in [0.15, 0.2) is 48.5 Å². The van der Waals surface area contributed by atoms with Gasteiger partial charge < -0.3 is 32.5 Å². The molecule has 2 atom stereocenters. The summed E-state index contributed by atoms with van der Waals surface area (Å²) in [6.07, 6.45) is 0.905. The van der Waals surface area contributed by atoms with E-state index in [0.717, 1.165) is 11.1 Å². The van der Waals surface area contributed by atoms with Crippen LogP contribution >= 0.6 is 15.0 Å². The molecule has 13 heteroatoms. The number of rotatable bonds is 23. The lowest BCUT2D eigenvalue weighted by Gasteiger charge is -2.39. The fourth-order valence-electron chi connectivity index (χ4n) is 5.75. The van der Waals surface area contributed by atoms with E-state index in [2.05, 4.69) is 16.7 Å². The first kappa shape index (κ1) is 46.4. The lowest BCUT2D eigenvalue weighted by Crippen LogP contribution is -2.45. The van der Waals surface area contributed by atoms with Crippen LogP contribution in [0.3, 0.4) is 0 Å². The van der Waals surface area contributed by atoms with E-state index >= 15 is 0 Å². The molecule has 0 spiro atoms. The predicted octanol–water partition coefficient (Wildman–Crippen LogP) is 9.98. The van der Waals surface area contributed by atoms with E-state index in [1.165, 1.54) is 0 Å². The first-order valence-corrected chi connectivity index (χ1v) is 22.4. The van der Waals surface area contributed by atoms with E-state index in [9.17, 15) is 9.13 Å². The van der Waals surface area contributed by atoms with Crippen molar-refractivity contribution in [3.05, 3.63) is 59.7 Å². The maximum Gasteiger partial charge on any atom is 0.345 e. The largest absolute Gasteiger partial charge is 0.467 e. The summed E-state index contributed by atoms with van der Waals surface area (Å²) < 4.78 is 70.8. The first-order chi connectivity index (χ1) is 24.1. The molecule has 2 aromatic carbocycles. The van der Waals surface area contributed by atoms with Crippen LogP contribution in [0.25, 0.3) is 0 Å². The highest BCUT2D eigenvalue weighted by atomic mass is 31.2. The van der Waals surface area contributed by atoms with Crippen molar-refractivity contribution < 1.29 is 41.6 Å². The van der Waals surface area contributed by atoms with Gasteiger partial charge in [0.2, 0.25) is 7.37 Å². The van der Waals surface area contributed by atoms with E-state index in [4.69, 9.17) is 32.5 Å². The Balaban J connectivity index is 2.66.